The zero-order valence-electron chi connectivity index (χ0n) is 10.6. The van der Waals surface area contributed by atoms with Crippen LogP contribution >= 0.6 is 0 Å². The lowest BCUT2D eigenvalue weighted by molar-refractivity contribution is -0.275. The highest BCUT2D eigenvalue weighted by atomic mass is 19.4. The number of para-hydroxylation sites is 1. The van der Waals surface area contributed by atoms with Crippen LogP contribution in [0.25, 0.3) is 0 Å². The largest absolute Gasteiger partial charge is 0.573 e. The molecule has 0 saturated heterocycles. The van der Waals surface area contributed by atoms with Gasteiger partial charge in [-0.1, -0.05) is 24.3 Å². The van der Waals surface area contributed by atoms with Gasteiger partial charge in [0.1, 0.15) is 11.9 Å². The maximum atomic E-state index is 12.3. The van der Waals surface area contributed by atoms with Crippen molar-refractivity contribution in [2.75, 3.05) is 0 Å². The van der Waals surface area contributed by atoms with E-state index in [4.69, 9.17) is 0 Å². The number of aromatic nitrogens is 1. The van der Waals surface area contributed by atoms with E-state index in [1.165, 1.54) is 24.4 Å². The van der Waals surface area contributed by atoms with Crippen LogP contribution in [0, 0.1) is 6.92 Å². The summed E-state index contributed by atoms with van der Waals surface area (Å²) < 4.78 is 41.0. The van der Waals surface area contributed by atoms with Gasteiger partial charge in [-0.15, -0.1) is 13.2 Å². The molecule has 0 saturated carbocycles. The minimum Gasteiger partial charge on any atom is -0.405 e. The first-order valence-electron chi connectivity index (χ1n) is 5.83. The van der Waals surface area contributed by atoms with Crippen LogP contribution in [0.5, 0.6) is 5.75 Å². The zero-order valence-corrected chi connectivity index (χ0v) is 10.6. The number of benzene rings is 1. The SMILES string of the molecule is Cc1cccnc1C(O)c1ccccc1OC(F)(F)F. The minimum absolute atomic E-state index is 0.0200. The lowest BCUT2D eigenvalue weighted by Gasteiger charge is -2.17. The monoisotopic (exact) mass is 283 g/mol. The first-order chi connectivity index (χ1) is 9.38. The molecule has 1 atom stereocenters. The molecule has 3 nitrogen and oxygen atoms in total. The second-order valence-corrected chi connectivity index (χ2v) is 4.19. The van der Waals surface area contributed by atoms with Crippen LogP contribution < -0.4 is 4.74 Å². The Kier molecular flexibility index (Phi) is 3.94. The van der Waals surface area contributed by atoms with Crippen LogP contribution in [-0.2, 0) is 0 Å². The number of pyridine rings is 1. The van der Waals surface area contributed by atoms with E-state index < -0.39 is 18.2 Å². The van der Waals surface area contributed by atoms with Gasteiger partial charge in [0.2, 0.25) is 0 Å². The Labute approximate surface area is 113 Å². The predicted molar refractivity (Wildman–Crippen MR) is 66.2 cm³/mol. The maximum absolute atomic E-state index is 12.3. The van der Waals surface area contributed by atoms with Gasteiger partial charge in [-0.25, -0.2) is 0 Å². The van der Waals surface area contributed by atoms with E-state index in [9.17, 15) is 18.3 Å². The van der Waals surface area contributed by atoms with E-state index in [2.05, 4.69) is 9.72 Å². The van der Waals surface area contributed by atoms with E-state index >= 15 is 0 Å². The fourth-order valence-corrected chi connectivity index (χ4v) is 1.86. The molecule has 1 heterocycles. The molecule has 0 aliphatic heterocycles. The number of aryl methyl sites for hydroxylation is 1. The fourth-order valence-electron chi connectivity index (χ4n) is 1.86. The first-order valence-corrected chi connectivity index (χ1v) is 5.83. The Morgan fingerprint density at radius 2 is 1.85 bits per heavy atom. The van der Waals surface area contributed by atoms with Crippen molar-refractivity contribution in [3.05, 3.63) is 59.4 Å². The average Bonchev–Trinajstić information content (AvgIpc) is 2.37. The van der Waals surface area contributed by atoms with Crippen molar-refractivity contribution < 1.29 is 23.0 Å². The molecule has 0 amide bonds. The van der Waals surface area contributed by atoms with Crippen molar-refractivity contribution in [3.8, 4) is 5.75 Å². The molecular weight excluding hydrogens is 271 g/mol. The Hall–Kier alpha value is -2.08. The lowest BCUT2D eigenvalue weighted by Crippen LogP contribution is -2.19. The third kappa shape index (κ3) is 3.27. The van der Waals surface area contributed by atoms with Gasteiger partial charge in [0, 0.05) is 11.8 Å². The standard InChI is InChI=1S/C14H12F3NO2/c1-9-5-4-8-18-12(9)13(19)10-6-2-3-7-11(10)20-14(15,16)17/h2-8,13,19H,1H3. The van der Waals surface area contributed by atoms with E-state index in [1.54, 1.807) is 19.1 Å². The van der Waals surface area contributed by atoms with Crippen LogP contribution in [-0.4, -0.2) is 16.5 Å². The molecule has 0 fully saturated rings. The summed E-state index contributed by atoms with van der Waals surface area (Å²) >= 11 is 0. The molecule has 6 heteroatoms. The summed E-state index contributed by atoms with van der Waals surface area (Å²) in [5.41, 5.74) is 0.999. The van der Waals surface area contributed by atoms with Crippen molar-refractivity contribution in [2.45, 2.75) is 19.4 Å². The van der Waals surface area contributed by atoms with Crippen LogP contribution in [0.4, 0.5) is 13.2 Å². The fraction of sp³-hybridized carbons (Fsp3) is 0.214. The molecule has 2 aromatic rings. The number of aliphatic hydroxyl groups excluding tert-OH is 1. The molecule has 1 aromatic carbocycles. The molecule has 1 N–H and O–H groups in total. The Morgan fingerprint density at radius 3 is 2.50 bits per heavy atom. The van der Waals surface area contributed by atoms with Gasteiger partial charge in [0.05, 0.1) is 5.69 Å². The van der Waals surface area contributed by atoms with E-state index in [1.807, 2.05) is 0 Å². The number of hydrogen-bond acceptors (Lipinski definition) is 3. The molecular formula is C14H12F3NO2. The third-order valence-electron chi connectivity index (χ3n) is 2.75. The summed E-state index contributed by atoms with van der Waals surface area (Å²) in [6.07, 6.45) is -4.62. The van der Waals surface area contributed by atoms with Crippen molar-refractivity contribution in [2.24, 2.45) is 0 Å². The molecule has 20 heavy (non-hydrogen) atoms. The maximum Gasteiger partial charge on any atom is 0.573 e. The number of ether oxygens (including phenoxy) is 1. The van der Waals surface area contributed by atoms with Gasteiger partial charge in [-0.2, -0.15) is 0 Å². The number of rotatable bonds is 3. The number of aliphatic hydroxyl groups is 1. The number of halogens is 3. The molecule has 2 rings (SSSR count). The Bertz CT molecular complexity index is 599. The summed E-state index contributed by atoms with van der Waals surface area (Å²) in [5, 5.41) is 10.2. The topological polar surface area (TPSA) is 42.4 Å². The molecule has 0 aliphatic carbocycles. The number of nitrogens with zero attached hydrogens (tertiary/aromatic N) is 1. The van der Waals surface area contributed by atoms with E-state index in [-0.39, 0.29) is 5.56 Å². The second kappa shape index (κ2) is 5.50. The summed E-state index contributed by atoms with van der Waals surface area (Å²) in [6, 6.07) is 8.87. The highest BCUT2D eigenvalue weighted by Gasteiger charge is 2.33. The van der Waals surface area contributed by atoms with Gasteiger partial charge in [-0.3, -0.25) is 4.98 Å². The summed E-state index contributed by atoms with van der Waals surface area (Å²) in [7, 11) is 0. The quantitative estimate of drug-likeness (QED) is 0.939. The Morgan fingerprint density at radius 1 is 1.15 bits per heavy atom. The molecule has 0 spiro atoms. The van der Waals surface area contributed by atoms with E-state index in [0.29, 0.717) is 11.3 Å². The second-order valence-electron chi connectivity index (χ2n) is 4.19. The molecule has 106 valence electrons. The first kappa shape index (κ1) is 14.3. The molecule has 0 bridgehead atoms. The minimum atomic E-state index is -4.81. The van der Waals surface area contributed by atoms with Gasteiger partial charge < -0.3 is 9.84 Å². The zero-order chi connectivity index (χ0) is 14.8. The van der Waals surface area contributed by atoms with Crippen LogP contribution in [0.1, 0.15) is 22.9 Å². The van der Waals surface area contributed by atoms with Gasteiger partial charge in [0.15, 0.2) is 0 Å². The molecule has 0 radical (unpaired) electrons. The van der Waals surface area contributed by atoms with Crippen molar-refractivity contribution >= 4 is 0 Å². The van der Waals surface area contributed by atoms with Gasteiger partial charge in [-0.05, 0) is 24.6 Å². The molecule has 1 aromatic heterocycles. The average molecular weight is 283 g/mol. The summed E-state index contributed by atoms with van der Waals surface area (Å²) in [4.78, 5) is 4.01. The van der Waals surface area contributed by atoms with Crippen LogP contribution in [0.3, 0.4) is 0 Å². The van der Waals surface area contributed by atoms with Gasteiger partial charge >= 0.3 is 6.36 Å². The number of alkyl halides is 3. The van der Waals surface area contributed by atoms with Crippen LogP contribution in [0.2, 0.25) is 0 Å². The molecule has 1 unspecified atom stereocenters. The number of hydrogen-bond donors (Lipinski definition) is 1. The Balaban J connectivity index is 2.40. The molecule has 0 aliphatic rings. The smallest absolute Gasteiger partial charge is 0.405 e. The normalized spacial score (nSPS) is 13.1. The highest BCUT2D eigenvalue weighted by Crippen LogP contribution is 2.33. The van der Waals surface area contributed by atoms with E-state index in [0.717, 1.165) is 6.07 Å². The van der Waals surface area contributed by atoms with Gasteiger partial charge in [0.25, 0.3) is 0 Å². The summed E-state index contributed by atoms with van der Waals surface area (Å²) in [6.45, 7) is 1.72. The lowest BCUT2D eigenvalue weighted by atomic mass is 10.0. The van der Waals surface area contributed by atoms with Crippen molar-refractivity contribution in [3.63, 3.8) is 0 Å². The highest BCUT2D eigenvalue weighted by molar-refractivity contribution is 5.40. The third-order valence-corrected chi connectivity index (χ3v) is 2.75. The van der Waals surface area contributed by atoms with Crippen molar-refractivity contribution in [1.29, 1.82) is 0 Å². The van der Waals surface area contributed by atoms with Crippen LogP contribution in [0.15, 0.2) is 42.6 Å². The predicted octanol–water partition coefficient (Wildman–Crippen LogP) is 3.37. The summed E-state index contributed by atoms with van der Waals surface area (Å²) in [5.74, 6) is -0.433. The van der Waals surface area contributed by atoms with Crippen molar-refractivity contribution in [1.82, 2.24) is 4.98 Å².